The summed E-state index contributed by atoms with van der Waals surface area (Å²) in [6, 6.07) is 0. The molecule has 0 aliphatic rings. The molecule has 42 valence electrons. The minimum absolute atomic E-state index is 0. The van der Waals surface area contributed by atoms with E-state index in [2.05, 4.69) is 0 Å². The molecule has 0 rings (SSSR count). The first-order valence-corrected chi connectivity index (χ1v) is 0. The molecule has 0 aromatic rings. The Morgan fingerprint density at radius 2 is 0.600 bits per heavy atom. The van der Waals surface area contributed by atoms with Crippen LogP contribution in [0.15, 0.2) is 0 Å². The molecular formula is CH10F4. The normalized spacial score (nSPS) is 0. The van der Waals surface area contributed by atoms with Crippen molar-refractivity contribution in [2.45, 2.75) is 7.43 Å². The van der Waals surface area contributed by atoms with Crippen molar-refractivity contribution in [3.63, 3.8) is 0 Å². The van der Waals surface area contributed by atoms with Crippen LogP contribution in [0.25, 0.3) is 0 Å². The second kappa shape index (κ2) is 351. The Labute approximate surface area is 29.1 Å². The van der Waals surface area contributed by atoms with Crippen LogP contribution >= 0.6 is 0 Å². The summed E-state index contributed by atoms with van der Waals surface area (Å²) in [6.45, 7) is 0. The Kier molecular flexibility index (Phi) is 58500. The summed E-state index contributed by atoms with van der Waals surface area (Å²) in [7, 11) is 0. The van der Waals surface area contributed by atoms with Crippen LogP contribution in [0, 0.1) is 0 Å². The van der Waals surface area contributed by atoms with E-state index in [9.17, 15) is 0 Å². The number of rotatable bonds is 0. The molecule has 0 aromatic heterocycles. The van der Waals surface area contributed by atoms with Gasteiger partial charge in [0.05, 0.1) is 0 Å². The Morgan fingerprint density at radius 3 is 0.600 bits per heavy atom. The summed E-state index contributed by atoms with van der Waals surface area (Å²) in [4.78, 5) is 0. The van der Waals surface area contributed by atoms with Crippen molar-refractivity contribution in [1.82, 2.24) is 0 Å². The van der Waals surface area contributed by atoms with Crippen LogP contribution < -0.4 is 0 Å². The van der Waals surface area contributed by atoms with E-state index in [1.807, 2.05) is 0 Å². The fourth-order valence-corrected chi connectivity index (χ4v) is 0. The van der Waals surface area contributed by atoms with Gasteiger partial charge in [0.25, 0.3) is 0 Å². The third-order valence-corrected chi connectivity index (χ3v) is 0. The van der Waals surface area contributed by atoms with Crippen molar-refractivity contribution in [3.8, 4) is 0 Å². The zero-order valence-electron chi connectivity index (χ0n) is 1.63. The van der Waals surface area contributed by atoms with E-state index in [1.54, 1.807) is 0 Å². The minimum atomic E-state index is 0. The first-order valence-electron chi connectivity index (χ1n) is 0. The van der Waals surface area contributed by atoms with Crippen molar-refractivity contribution in [1.29, 1.82) is 0 Å². The van der Waals surface area contributed by atoms with Crippen LogP contribution in [0.5, 0.6) is 0 Å². The lowest BCUT2D eigenvalue weighted by atomic mass is 12.0. The van der Waals surface area contributed by atoms with E-state index >= 15 is 0 Å². The highest BCUT2D eigenvalue weighted by molar-refractivity contribution is 2.50. The van der Waals surface area contributed by atoms with Gasteiger partial charge in [-0.25, -0.2) is 0 Å². The van der Waals surface area contributed by atoms with Crippen molar-refractivity contribution >= 4 is 0 Å². The molecule has 0 atom stereocenters. The quantitative estimate of drug-likeness (QED) is 0.403. The Morgan fingerprint density at radius 1 is 0.600 bits per heavy atom. The van der Waals surface area contributed by atoms with Gasteiger partial charge in [-0.15, -0.1) is 0 Å². The van der Waals surface area contributed by atoms with Gasteiger partial charge in [0.15, 0.2) is 0 Å². The van der Waals surface area contributed by atoms with Gasteiger partial charge in [0.1, 0.15) is 0 Å². The molecule has 0 aliphatic carbocycles. The van der Waals surface area contributed by atoms with E-state index in [1.165, 1.54) is 0 Å². The Balaban J connectivity index is 0. The lowest BCUT2D eigenvalue weighted by Crippen LogP contribution is 0.144. The van der Waals surface area contributed by atoms with Crippen LogP contribution in [0.3, 0.4) is 0 Å². The van der Waals surface area contributed by atoms with E-state index < -0.39 is 0 Å². The Bertz CT molecular complexity index is 7.51. The fraction of sp³-hybridized carbons (Fsp3) is 1.00. The maximum absolute atomic E-state index is 0. The number of hydrogen-bond acceptors (Lipinski definition) is 0. The molecule has 0 unspecified atom stereocenters. The molecular weight excluding hydrogens is 88.0 g/mol. The van der Waals surface area contributed by atoms with Crippen LogP contribution in [0.2, 0.25) is 0 Å². The Hall–Kier alpha value is -0.280. The molecule has 5 heavy (non-hydrogen) atoms. The van der Waals surface area contributed by atoms with Gasteiger partial charge < -0.3 is 0 Å². The highest BCUT2D eigenvalue weighted by Gasteiger charge is -0.0775. The van der Waals surface area contributed by atoms with Crippen LogP contribution in [0.4, 0.5) is 18.8 Å². The van der Waals surface area contributed by atoms with Crippen LogP contribution in [-0.2, 0) is 0 Å². The second-order valence-electron chi connectivity index (χ2n) is 0. The van der Waals surface area contributed by atoms with Gasteiger partial charge in [0, 0.05) is 1.43 Å². The van der Waals surface area contributed by atoms with E-state index in [0.29, 0.717) is 0 Å². The monoisotopic (exact) mass is 98.1 g/mol. The van der Waals surface area contributed by atoms with Gasteiger partial charge in [-0.1, -0.05) is 7.43 Å². The van der Waals surface area contributed by atoms with Crippen molar-refractivity contribution in [3.05, 3.63) is 0 Å². The highest BCUT2D eigenvalue weighted by Crippen LogP contribution is 0.423. The van der Waals surface area contributed by atoms with Gasteiger partial charge >= 0.3 is 0 Å². The molecule has 0 nitrogen and oxygen atoms in total. The minimum Gasteiger partial charge on any atom is -0.269 e. The third kappa shape index (κ3) is 140. The third-order valence-electron chi connectivity index (χ3n) is 0. The largest absolute Gasteiger partial charge is 0.269 e. The van der Waals surface area contributed by atoms with Crippen LogP contribution in [0.1, 0.15) is 8.85 Å². The standard InChI is InChI=1S/CH4.4FH.H2/h1H4;5*1H. The highest BCUT2D eigenvalue weighted by atomic mass is 19.0. The van der Waals surface area contributed by atoms with Gasteiger partial charge in [0.2, 0.25) is 0 Å². The maximum Gasteiger partial charge on any atom is 0 e. The summed E-state index contributed by atoms with van der Waals surface area (Å²) in [5, 5.41) is 0. The lowest BCUT2D eigenvalue weighted by molar-refractivity contribution is 1.11. The van der Waals surface area contributed by atoms with Gasteiger partial charge in [-0.2, -0.15) is 0 Å². The molecule has 0 fully saturated rings. The van der Waals surface area contributed by atoms with Gasteiger partial charge in [-0.05, 0) is 0 Å². The number of halogens is 4. The SMILES string of the molecule is C.F.F.F.F.[HH]. The summed E-state index contributed by atoms with van der Waals surface area (Å²) in [6.07, 6.45) is 0. The number of hydrogen-bond donors (Lipinski definition) is 0. The first-order chi connectivity index (χ1) is 0. The molecule has 0 radical (unpaired) electrons. The molecule has 0 saturated heterocycles. The predicted molar refractivity (Wildman–Crippen MR) is 18.9 cm³/mol. The summed E-state index contributed by atoms with van der Waals surface area (Å²) in [5.74, 6) is 0. The molecule has 0 N–H and O–H groups in total. The average Bonchev–Trinajstić information content (AvgIpc) is 0. The smallest absolute Gasteiger partial charge is 0 e. The van der Waals surface area contributed by atoms with Crippen LogP contribution in [-0.4, -0.2) is 0 Å². The molecule has 0 aromatic carbocycles. The molecule has 0 amide bonds. The molecule has 0 spiro atoms. The van der Waals surface area contributed by atoms with Crippen molar-refractivity contribution in [2.24, 2.45) is 0 Å². The topological polar surface area (TPSA) is 0 Å². The zero-order valence-corrected chi connectivity index (χ0v) is 1.63. The maximum atomic E-state index is 0. The van der Waals surface area contributed by atoms with E-state index in [4.69, 9.17) is 0 Å². The summed E-state index contributed by atoms with van der Waals surface area (Å²) >= 11 is 0. The molecule has 4 heteroatoms. The summed E-state index contributed by atoms with van der Waals surface area (Å²) < 4.78 is 0. The fourth-order valence-electron chi connectivity index (χ4n) is 0. The summed E-state index contributed by atoms with van der Waals surface area (Å²) in [5.41, 5.74) is 0. The van der Waals surface area contributed by atoms with Crippen molar-refractivity contribution in [2.75, 3.05) is 0 Å². The molecule has 0 heterocycles. The van der Waals surface area contributed by atoms with E-state index in [-0.39, 0.29) is 27.7 Å². The lowest BCUT2D eigenvalue weighted by Gasteiger charge is -0.270. The molecule has 0 bridgehead atoms. The molecule has 0 saturated carbocycles. The van der Waals surface area contributed by atoms with E-state index in [0.717, 1.165) is 0 Å². The molecule has 0 aliphatic heterocycles. The average molecular weight is 98.1 g/mol. The van der Waals surface area contributed by atoms with Crippen molar-refractivity contribution < 1.29 is 20.2 Å². The predicted octanol–water partition coefficient (Wildman–Crippen LogP) is 1.49. The second-order valence-corrected chi connectivity index (χ2v) is 0. The first kappa shape index (κ1) is 833. The van der Waals surface area contributed by atoms with Gasteiger partial charge in [-0.3, -0.25) is 18.8 Å². The zero-order chi connectivity index (χ0) is 0.